The van der Waals surface area contributed by atoms with Gasteiger partial charge in [0.25, 0.3) is 0 Å². The number of amides is 2. The molecule has 2 amide bonds. The summed E-state index contributed by atoms with van der Waals surface area (Å²) < 4.78 is 63.5. The molecule has 3 rings (SSSR count). The molecule has 2 aromatic rings. The summed E-state index contributed by atoms with van der Waals surface area (Å²) in [5.74, 6) is -1.46. The van der Waals surface area contributed by atoms with Crippen molar-refractivity contribution in [2.45, 2.75) is 41.0 Å². The van der Waals surface area contributed by atoms with Crippen molar-refractivity contribution in [3.63, 3.8) is 0 Å². The number of sulfone groups is 1. The Morgan fingerprint density at radius 2 is 1.94 bits per heavy atom. The number of anilines is 2. The van der Waals surface area contributed by atoms with Crippen molar-refractivity contribution in [3.8, 4) is 0 Å². The Labute approximate surface area is 181 Å². The zero-order chi connectivity index (χ0) is 22.8. The van der Waals surface area contributed by atoms with E-state index in [9.17, 15) is 31.2 Å². The van der Waals surface area contributed by atoms with Crippen LogP contribution < -0.4 is 10.6 Å². The molecule has 1 heterocycles. The SMILES string of the molecule is CC[C@H]1Sc2ccc(S(=O)(=O)CCC(=O)Nc3cccc(C(F)(F)F)c3)cc2NC1=O. The fourth-order valence-corrected chi connectivity index (χ4v) is 5.22. The second kappa shape index (κ2) is 8.91. The summed E-state index contributed by atoms with van der Waals surface area (Å²) in [6, 6.07) is 8.46. The molecule has 0 fully saturated rings. The molecule has 0 aliphatic carbocycles. The number of carbonyl (C=O) groups excluding carboxylic acids is 2. The molecule has 166 valence electrons. The van der Waals surface area contributed by atoms with Crippen molar-refractivity contribution < 1.29 is 31.2 Å². The summed E-state index contributed by atoms with van der Waals surface area (Å²) >= 11 is 1.36. The highest BCUT2D eigenvalue weighted by atomic mass is 32.2. The minimum atomic E-state index is -4.55. The molecule has 0 unspecified atom stereocenters. The Bertz CT molecular complexity index is 1120. The first-order valence-electron chi connectivity index (χ1n) is 9.31. The molecule has 2 aromatic carbocycles. The molecule has 1 aliphatic heterocycles. The quantitative estimate of drug-likeness (QED) is 0.653. The number of nitrogens with one attached hydrogen (secondary N) is 2. The standard InChI is InChI=1S/C20H19F3N2O4S2/c1-2-16-19(27)25-15-11-14(6-7-17(15)30-16)31(28,29)9-8-18(26)24-13-5-3-4-12(10-13)20(21,22)23/h3-7,10-11,16H,2,8-9H2,1H3,(H,24,26)(H,25,27)/t16-/m1/s1. The van der Waals surface area contributed by atoms with E-state index in [1.807, 2.05) is 6.92 Å². The van der Waals surface area contributed by atoms with Crippen LogP contribution in [0.15, 0.2) is 52.3 Å². The van der Waals surface area contributed by atoms with Crippen LogP contribution in [0.2, 0.25) is 0 Å². The van der Waals surface area contributed by atoms with Gasteiger partial charge in [-0.05, 0) is 42.8 Å². The van der Waals surface area contributed by atoms with Crippen molar-refractivity contribution in [1.82, 2.24) is 0 Å². The van der Waals surface area contributed by atoms with Crippen LogP contribution in [0.25, 0.3) is 0 Å². The second-order valence-corrected chi connectivity index (χ2v) is 10.2. The number of alkyl halides is 3. The first-order valence-corrected chi connectivity index (χ1v) is 11.8. The largest absolute Gasteiger partial charge is 0.416 e. The smallest absolute Gasteiger partial charge is 0.326 e. The van der Waals surface area contributed by atoms with Crippen molar-refractivity contribution in [3.05, 3.63) is 48.0 Å². The number of carbonyl (C=O) groups is 2. The summed E-state index contributed by atoms with van der Waals surface area (Å²) in [6.45, 7) is 1.88. The Morgan fingerprint density at radius 1 is 1.19 bits per heavy atom. The Balaban J connectivity index is 1.66. The predicted molar refractivity (Wildman–Crippen MR) is 112 cm³/mol. The van der Waals surface area contributed by atoms with Crippen LogP contribution >= 0.6 is 11.8 Å². The number of hydrogen-bond acceptors (Lipinski definition) is 5. The summed E-state index contributed by atoms with van der Waals surface area (Å²) in [6.07, 6.45) is -4.35. The first kappa shape index (κ1) is 23.1. The molecule has 0 radical (unpaired) electrons. The van der Waals surface area contributed by atoms with E-state index < -0.39 is 39.7 Å². The van der Waals surface area contributed by atoms with Crippen LogP contribution in [0, 0.1) is 0 Å². The van der Waals surface area contributed by atoms with Gasteiger partial charge in [-0.25, -0.2) is 8.42 Å². The van der Waals surface area contributed by atoms with Gasteiger partial charge in [0.1, 0.15) is 0 Å². The molecule has 0 saturated carbocycles. The highest BCUT2D eigenvalue weighted by Gasteiger charge is 2.30. The summed E-state index contributed by atoms with van der Waals surface area (Å²) in [5.41, 5.74) is -0.595. The Kier molecular flexibility index (Phi) is 6.65. The lowest BCUT2D eigenvalue weighted by Gasteiger charge is -2.23. The third kappa shape index (κ3) is 5.59. The number of benzene rings is 2. The monoisotopic (exact) mass is 472 g/mol. The van der Waals surface area contributed by atoms with Gasteiger partial charge in [-0.3, -0.25) is 9.59 Å². The highest BCUT2D eigenvalue weighted by Crippen LogP contribution is 2.38. The van der Waals surface area contributed by atoms with E-state index in [0.717, 1.165) is 23.1 Å². The number of fused-ring (bicyclic) bond motifs is 1. The van der Waals surface area contributed by atoms with Gasteiger partial charge >= 0.3 is 6.18 Å². The minimum Gasteiger partial charge on any atom is -0.326 e. The zero-order valence-electron chi connectivity index (χ0n) is 16.3. The molecule has 0 aromatic heterocycles. The van der Waals surface area contributed by atoms with Gasteiger partial charge in [0, 0.05) is 17.0 Å². The van der Waals surface area contributed by atoms with Gasteiger partial charge in [-0.1, -0.05) is 13.0 Å². The average Bonchev–Trinajstić information content (AvgIpc) is 2.71. The summed E-state index contributed by atoms with van der Waals surface area (Å²) in [7, 11) is -3.85. The van der Waals surface area contributed by atoms with E-state index in [1.165, 1.54) is 30.0 Å². The fourth-order valence-electron chi connectivity index (χ4n) is 2.93. The maximum Gasteiger partial charge on any atom is 0.416 e. The molecule has 0 spiro atoms. The van der Waals surface area contributed by atoms with Gasteiger partial charge < -0.3 is 10.6 Å². The lowest BCUT2D eigenvalue weighted by molar-refractivity contribution is -0.137. The molecule has 2 N–H and O–H groups in total. The predicted octanol–water partition coefficient (Wildman–Crippen LogP) is 4.33. The maximum absolute atomic E-state index is 12.8. The lowest BCUT2D eigenvalue weighted by atomic mass is 10.2. The van der Waals surface area contributed by atoms with Crippen molar-refractivity contribution in [2.24, 2.45) is 0 Å². The second-order valence-electron chi connectivity index (χ2n) is 6.86. The van der Waals surface area contributed by atoms with E-state index >= 15 is 0 Å². The molecular weight excluding hydrogens is 453 g/mol. The Hall–Kier alpha value is -2.53. The van der Waals surface area contributed by atoms with Gasteiger partial charge in [-0.15, -0.1) is 11.8 Å². The zero-order valence-corrected chi connectivity index (χ0v) is 18.0. The number of hydrogen-bond donors (Lipinski definition) is 2. The minimum absolute atomic E-state index is 0.0473. The fraction of sp³-hybridized carbons (Fsp3) is 0.300. The van der Waals surface area contributed by atoms with Gasteiger partial charge in [-0.2, -0.15) is 13.2 Å². The van der Waals surface area contributed by atoms with Crippen LogP contribution in [-0.2, 0) is 25.6 Å². The molecule has 0 saturated heterocycles. The van der Waals surface area contributed by atoms with Crippen LogP contribution in [0.4, 0.5) is 24.5 Å². The topological polar surface area (TPSA) is 92.3 Å². The van der Waals surface area contributed by atoms with E-state index in [2.05, 4.69) is 10.6 Å². The molecular formula is C20H19F3N2O4S2. The third-order valence-corrected chi connectivity index (χ3v) is 7.73. The summed E-state index contributed by atoms with van der Waals surface area (Å²) in [4.78, 5) is 24.8. The molecule has 1 atom stereocenters. The van der Waals surface area contributed by atoms with Gasteiger partial charge in [0.05, 0.1) is 27.1 Å². The lowest BCUT2D eigenvalue weighted by Crippen LogP contribution is -2.28. The van der Waals surface area contributed by atoms with Crippen LogP contribution in [0.3, 0.4) is 0 Å². The molecule has 1 aliphatic rings. The van der Waals surface area contributed by atoms with Crippen molar-refractivity contribution >= 4 is 44.8 Å². The molecule has 0 bridgehead atoms. The first-order chi connectivity index (χ1) is 14.5. The Morgan fingerprint density at radius 3 is 2.61 bits per heavy atom. The molecule has 31 heavy (non-hydrogen) atoms. The van der Waals surface area contributed by atoms with Crippen molar-refractivity contribution in [2.75, 3.05) is 16.4 Å². The maximum atomic E-state index is 12.8. The molecule has 6 nitrogen and oxygen atoms in total. The van der Waals surface area contributed by atoms with E-state index in [1.54, 1.807) is 6.07 Å². The van der Waals surface area contributed by atoms with E-state index in [-0.39, 0.29) is 21.7 Å². The summed E-state index contributed by atoms with van der Waals surface area (Å²) in [5, 5.41) is 4.73. The number of rotatable bonds is 6. The van der Waals surface area contributed by atoms with Gasteiger partial charge in [0.2, 0.25) is 11.8 Å². The number of thioether (sulfide) groups is 1. The van der Waals surface area contributed by atoms with Crippen LogP contribution in [0.1, 0.15) is 25.3 Å². The molecule has 11 heteroatoms. The van der Waals surface area contributed by atoms with Gasteiger partial charge in [0.15, 0.2) is 9.84 Å². The van der Waals surface area contributed by atoms with Crippen LogP contribution in [0.5, 0.6) is 0 Å². The van der Waals surface area contributed by atoms with E-state index in [0.29, 0.717) is 12.1 Å². The average molecular weight is 473 g/mol. The number of halogens is 3. The highest BCUT2D eigenvalue weighted by molar-refractivity contribution is 8.01. The van der Waals surface area contributed by atoms with Crippen LogP contribution in [-0.4, -0.2) is 31.2 Å². The van der Waals surface area contributed by atoms with Crippen molar-refractivity contribution in [1.29, 1.82) is 0 Å². The third-order valence-electron chi connectivity index (χ3n) is 4.57. The normalized spacial score (nSPS) is 16.4. The van der Waals surface area contributed by atoms with E-state index in [4.69, 9.17) is 0 Å².